The van der Waals surface area contributed by atoms with Gasteiger partial charge in [-0.3, -0.25) is 4.57 Å². The summed E-state index contributed by atoms with van der Waals surface area (Å²) in [5.41, 5.74) is 1.71. The summed E-state index contributed by atoms with van der Waals surface area (Å²) in [6.45, 7) is -0.0251. The first-order valence-electron chi connectivity index (χ1n) is 8.93. The number of ether oxygens (including phenoxy) is 2. The number of methoxy groups -OCH3 is 1. The number of aliphatic hydroxyl groups excluding tert-OH is 3. The van der Waals surface area contributed by atoms with E-state index in [2.05, 4.69) is 20.3 Å². The summed E-state index contributed by atoms with van der Waals surface area (Å²) < 4.78 is 12.2. The van der Waals surface area contributed by atoms with Gasteiger partial charge in [0.15, 0.2) is 34.7 Å². The smallest absolute Gasteiger partial charge is 0.167 e. The van der Waals surface area contributed by atoms with Crippen LogP contribution in [0.2, 0.25) is 0 Å². The van der Waals surface area contributed by atoms with Gasteiger partial charge in [-0.25, -0.2) is 15.0 Å². The van der Waals surface area contributed by atoms with Gasteiger partial charge in [-0.2, -0.15) is 0 Å². The van der Waals surface area contributed by atoms with Gasteiger partial charge in [-0.1, -0.05) is 6.07 Å². The SMILES string of the molecule is COc1cc(CNc2ncnc3c2ncn3[C@@H]2O[C@H](CO)[C@H](O)C2O)ccc1O. The van der Waals surface area contributed by atoms with E-state index in [9.17, 15) is 20.4 Å². The molecule has 2 aromatic heterocycles. The molecule has 1 fully saturated rings. The van der Waals surface area contributed by atoms with E-state index in [4.69, 9.17) is 9.47 Å². The van der Waals surface area contributed by atoms with Crippen LogP contribution >= 0.6 is 0 Å². The van der Waals surface area contributed by atoms with Crippen molar-refractivity contribution in [2.45, 2.75) is 31.1 Å². The number of anilines is 1. The highest BCUT2D eigenvalue weighted by atomic mass is 16.6. The molecular weight excluding hydrogens is 382 g/mol. The third-order valence-electron chi connectivity index (χ3n) is 4.85. The number of nitrogens with zero attached hydrogens (tertiary/aromatic N) is 4. The third kappa shape index (κ3) is 3.44. The molecule has 29 heavy (non-hydrogen) atoms. The van der Waals surface area contributed by atoms with Gasteiger partial charge < -0.3 is 35.2 Å². The second-order valence-corrected chi connectivity index (χ2v) is 6.63. The minimum Gasteiger partial charge on any atom is -0.504 e. The van der Waals surface area contributed by atoms with Crippen molar-refractivity contribution in [2.75, 3.05) is 19.0 Å². The number of aliphatic hydroxyl groups is 3. The van der Waals surface area contributed by atoms with Crippen molar-refractivity contribution in [1.29, 1.82) is 0 Å². The molecule has 11 nitrogen and oxygen atoms in total. The molecule has 3 heterocycles. The van der Waals surface area contributed by atoms with Crippen molar-refractivity contribution in [2.24, 2.45) is 0 Å². The highest BCUT2D eigenvalue weighted by Gasteiger charge is 2.44. The molecule has 4 rings (SSSR count). The molecule has 0 saturated carbocycles. The Hall–Kier alpha value is -2.99. The zero-order chi connectivity index (χ0) is 20.5. The first-order valence-corrected chi connectivity index (χ1v) is 8.93. The largest absolute Gasteiger partial charge is 0.504 e. The van der Waals surface area contributed by atoms with Gasteiger partial charge in [0.05, 0.1) is 20.0 Å². The van der Waals surface area contributed by atoms with E-state index in [-0.39, 0.29) is 5.75 Å². The Kier molecular flexibility index (Phi) is 5.20. The summed E-state index contributed by atoms with van der Waals surface area (Å²) in [4.78, 5) is 12.7. The van der Waals surface area contributed by atoms with Gasteiger partial charge in [0.1, 0.15) is 24.6 Å². The predicted molar refractivity (Wildman–Crippen MR) is 100 cm³/mol. The monoisotopic (exact) mass is 403 g/mol. The summed E-state index contributed by atoms with van der Waals surface area (Å²) in [5.74, 6) is 0.885. The molecule has 5 N–H and O–H groups in total. The average Bonchev–Trinajstić information content (AvgIpc) is 3.29. The van der Waals surface area contributed by atoms with Crippen LogP contribution < -0.4 is 10.1 Å². The summed E-state index contributed by atoms with van der Waals surface area (Å²) in [7, 11) is 1.48. The fourth-order valence-corrected chi connectivity index (χ4v) is 3.30. The molecule has 3 aromatic rings. The number of hydrogen-bond acceptors (Lipinski definition) is 10. The molecule has 1 saturated heterocycles. The minimum atomic E-state index is -1.24. The Balaban J connectivity index is 1.58. The molecule has 4 atom stereocenters. The van der Waals surface area contributed by atoms with E-state index in [1.807, 2.05) is 0 Å². The molecule has 154 valence electrons. The van der Waals surface area contributed by atoms with Crippen molar-refractivity contribution < 1.29 is 29.9 Å². The van der Waals surface area contributed by atoms with Crippen LogP contribution in [0.15, 0.2) is 30.9 Å². The lowest BCUT2D eigenvalue weighted by Gasteiger charge is -2.16. The number of aromatic hydroxyl groups is 1. The summed E-state index contributed by atoms with van der Waals surface area (Å²) in [6.07, 6.45) is -1.49. The Morgan fingerprint density at radius 3 is 2.76 bits per heavy atom. The number of rotatable bonds is 6. The molecule has 0 aliphatic carbocycles. The van der Waals surface area contributed by atoms with Crippen LogP contribution in [0.5, 0.6) is 11.5 Å². The molecule has 0 amide bonds. The van der Waals surface area contributed by atoms with Crippen molar-refractivity contribution in [3.05, 3.63) is 36.4 Å². The van der Waals surface area contributed by atoms with Gasteiger partial charge in [-0.05, 0) is 17.7 Å². The molecule has 0 bridgehead atoms. The molecule has 11 heteroatoms. The van der Waals surface area contributed by atoms with Crippen LogP contribution in [-0.4, -0.2) is 72.0 Å². The normalized spacial score (nSPS) is 24.1. The zero-order valence-electron chi connectivity index (χ0n) is 15.5. The zero-order valence-corrected chi connectivity index (χ0v) is 15.5. The van der Waals surface area contributed by atoms with Gasteiger partial charge in [-0.15, -0.1) is 0 Å². The van der Waals surface area contributed by atoms with E-state index in [1.165, 1.54) is 24.3 Å². The summed E-state index contributed by atoms with van der Waals surface area (Å²) in [6, 6.07) is 5.00. The fraction of sp³-hybridized carbons (Fsp3) is 0.389. The molecule has 1 aliphatic rings. The van der Waals surface area contributed by atoms with Crippen molar-refractivity contribution in [1.82, 2.24) is 19.5 Å². The second kappa shape index (κ2) is 7.79. The first-order chi connectivity index (χ1) is 14.0. The van der Waals surface area contributed by atoms with E-state index in [0.29, 0.717) is 29.3 Å². The Bertz CT molecular complexity index is 1010. The van der Waals surface area contributed by atoms with Gasteiger partial charge >= 0.3 is 0 Å². The van der Waals surface area contributed by atoms with Crippen LogP contribution in [0.1, 0.15) is 11.8 Å². The van der Waals surface area contributed by atoms with Gasteiger partial charge in [0.25, 0.3) is 0 Å². The molecule has 1 aliphatic heterocycles. The number of fused-ring (bicyclic) bond motifs is 1. The molecule has 0 spiro atoms. The number of nitrogens with one attached hydrogen (secondary N) is 1. The molecule has 1 unspecified atom stereocenters. The maximum absolute atomic E-state index is 10.3. The van der Waals surface area contributed by atoms with Crippen LogP contribution in [0.4, 0.5) is 5.82 Å². The van der Waals surface area contributed by atoms with Crippen LogP contribution in [0.25, 0.3) is 11.2 Å². The fourth-order valence-electron chi connectivity index (χ4n) is 3.30. The minimum absolute atomic E-state index is 0.0536. The van der Waals surface area contributed by atoms with Gasteiger partial charge in [0.2, 0.25) is 0 Å². The quantitative estimate of drug-likeness (QED) is 0.372. The maximum atomic E-state index is 10.3. The lowest BCUT2D eigenvalue weighted by Crippen LogP contribution is -2.33. The molecule has 0 radical (unpaired) electrons. The number of imidazole rings is 1. The summed E-state index contributed by atoms with van der Waals surface area (Å²) >= 11 is 0. The maximum Gasteiger partial charge on any atom is 0.167 e. The van der Waals surface area contributed by atoms with E-state index >= 15 is 0 Å². The third-order valence-corrected chi connectivity index (χ3v) is 4.85. The van der Waals surface area contributed by atoms with E-state index < -0.39 is 31.1 Å². The highest BCUT2D eigenvalue weighted by molar-refractivity contribution is 5.82. The van der Waals surface area contributed by atoms with Crippen LogP contribution in [0, 0.1) is 0 Å². The van der Waals surface area contributed by atoms with Crippen molar-refractivity contribution in [3.63, 3.8) is 0 Å². The lowest BCUT2D eigenvalue weighted by molar-refractivity contribution is -0.0511. The van der Waals surface area contributed by atoms with Crippen LogP contribution in [-0.2, 0) is 11.3 Å². The predicted octanol–water partition coefficient (Wildman–Crippen LogP) is -0.236. The standard InChI is InChI=1S/C18H21N5O6/c1-28-11-4-9(2-3-10(11)25)5-19-16-13-17(21-7-20-16)23(8-22-13)18-15(27)14(26)12(6-24)29-18/h2-4,7-8,12,14-15,18,24-27H,5-6H2,1H3,(H,19,20,21)/t12-,14+,15?,18-/m1/s1. The average molecular weight is 403 g/mol. The number of phenolic OH excluding ortho intramolecular Hbond substituents is 1. The number of hydrogen-bond donors (Lipinski definition) is 5. The van der Waals surface area contributed by atoms with E-state index in [1.54, 1.807) is 18.2 Å². The van der Waals surface area contributed by atoms with Crippen LogP contribution in [0.3, 0.4) is 0 Å². The number of aromatic nitrogens is 4. The topological polar surface area (TPSA) is 155 Å². The van der Waals surface area contributed by atoms with Gasteiger partial charge in [0, 0.05) is 6.54 Å². The molecule has 1 aromatic carbocycles. The number of benzene rings is 1. The second-order valence-electron chi connectivity index (χ2n) is 6.63. The summed E-state index contributed by atoms with van der Waals surface area (Å²) in [5, 5.41) is 42.4. The lowest BCUT2D eigenvalue weighted by atomic mass is 10.1. The Morgan fingerprint density at radius 2 is 2.03 bits per heavy atom. The van der Waals surface area contributed by atoms with Crippen molar-refractivity contribution >= 4 is 17.0 Å². The Labute approximate surface area is 165 Å². The Morgan fingerprint density at radius 1 is 1.21 bits per heavy atom. The van der Waals surface area contributed by atoms with E-state index in [0.717, 1.165) is 5.56 Å². The van der Waals surface area contributed by atoms with Crippen molar-refractivity contribution in [3.8, 4) is 11.5 Å². The number of phenols is 1. The first kappa shape index (κ1) is 19.3. The molecular formula is C18H21N5O6. The highest BCUT2D eigenvalue weighted by Crippen LogP contribution is 2.32.